The lowest BCUT2D eigenvalue weighted by atomic mass is 9.67. The summed E-state index contributed by atoms with van der Waals surface area (Å²) in [6.45, 7) is 2.14. The first-order valence-electron chi connectivity index (χ1n) is 8.17. The van der Waals surface area contributed by atoms with Crippen molar-refractivity contribution >= 4 is 28.3 Å². The maximum Gasteiger partial charge on any atom is 0.106 e. The number of rotatable bonds is 4. The van der Waals surface area contributed by atoms with E-state index in [1.165, 1.54) is 9.13 Å². The van der Waals surface area contributed by atoms with Gasteiger partial charge in [0.1, 0.15) is 7.11 Å². The fraction of sp³-hybridized carbons (Fsp3) is 0.611. The Morgan fingerprint density at radius 3 is 2.64 bits per heavy atom. The van der Waals surface area contributed by atoms with Gasteiger partial charge in [0.15, 0.2) is 0 Å². The van der Waals surface area contributed by atoms with E-state index in [0.29, 0.717) is 23.7 Å². The smallest absolute Gasteiger partial charge is 0.106 e. The molecule has 22 heavy (non-hydrogen) atoms. The van der Waals surface area contributed by atoms with Crippen molar-refractivity contribution in [1.29, 1.82) is 0 Å². The van der Waals surface area contributed by atoms with Crippen LogP contribution in [0.1, 0.15) is 44.1 Å². The van der Waals surface area contributed by atoms with Crippen LogP contribution in [0.5, 0.6) is 0 Å². The molecule has 0 aliphatic heterocycles. The predicted molar refractivity (Wildman–Crippen MR) is 97.0 cm³/mol. The number of oxime groups is 1. The minimum Gasteiger partial charge on any atom is -0.399 e. The molecule has 120 valence electrons. The highest BCUT2D eigenvalue weighted by Crippen LogP contribution is 2.52. The standard InChI is InChI=1S/C18H24INO2/c1-3-16(20-22-2)18-14(12-4-6-13(19)7-5-12)8-11-9-15(18)17(21)10-11/h4-7,11,14-15,17-18,21H,3,8-10H2,1-2H3/t11?,14-,15+,17?,18+/m1/s1. The molecule has 0 amide bonds. The van der Waals surface area contributed by atoms with E-state index in [2.05, 4.69) is 58.9 Å². The Morgan fingerprint density at radius 1 is 1.27 bits per heavy atom. The Morgan fingerprint density at radius 2 is 2.00 bits per heavy atom. The molecule has 2 fully saturated rings. The van der Waals surface area contributed by atoms with Crippen LogP contribution in [0.4, 0.5) is 0 Å². The molecule has 3 nitrogen and oxygen atoms in total. The Kier molecular flexibility index (Phi) is 5.07. The summed E-state index contributed by atoms with van der Waals surface area (Å²) in [6, 6.07) is 8.85. The van der Waals surface area contributed by atoms with Crippen molar-refractivity contribution in [2.75, 3.05) is 7.11 Å². The molecule has 2 saturated carbocycles. The molecule has 0 spiro atoms. The van der Waals surface area contributed by atoms with E-state index in [4.69, 9.17) is 4.84 Å². The average Bonchev–Trinajstić information content (AvgIpc) is 2.81. The third-order valence-corrected chi connectivity index (χ3v) is 6.13. The summed E-state index contributed by atoms with van der Waals surface area (Å²) in [5.74, 6) is 1.74. The molecule has 2 bridgehead atoms. The van der Waals surface area contributed by atoms with E-state index < -0.39 is 0 Å². The molecule has 5 atom stereocenters. The second-order valence-corrected chi connectivity index (χ2v) is 7.85. The molecule has 2 unspecified atom stereocenters. The molecular weight excluding hydrogens is 389 g/mol. The van der Waals surface area contributed by atoms with Gasteiger partial charge in [-0.2, -0.15) is 0 Å². The third-order valence-electron chi connectivity index (χ3n) is 5.41. The molecule has 2 aliphatic rings. The van der Waals surface area contributed by atoms with E-state index in [1.807, 2.05) is 0 Å². The first kappa shape index (κ1) is 16.2. The highest BCUT2D eigenvalue weighted by molar-refractivity contribution is 14.1. The normalized spacial score (nSPS) is 34.7. The van der Waals surface area contributed by atoms with Crippen LogP contribution in [0.25, 0.3) is 0 Å². The van der Waals surface area contributed by atoms with E-state index >= 15 is 0 Å². The fourth-order valence-electron chi connectivity index (χ4n) is 4.55. The summed E-state index contributed by atoms with van der Waals surface area (Å²) in [6.07, 6.45) is 3.94. The topological polar surface area (TPSA) is 41.8 Å². The second kappa shape index (κ2) is 6.87. The first-order chi connectivity index (χ1) is 10.6. The van der Waals surface area contributed by atoms with Gasteiger partial charge in [-0.25, -0.2) is 0 Å². The quantitative estimate of drug-likeness (QED) is 0.457. The van der Waals surface area contributed by atoms with Crippen molar-refractivity contribution in [2.45, 2.75) is 44.6 Å². The van der Waals surface area contributed by atoms with Gasteiger partial charge >= 0.3 is 0 Å². The van der Waals surface area contributed by atoms with Crippen molar-refractivity contribution < 1.29 is 9.94 Å². The lowest BCUT2D eigenvalue weighted by molar-refractivity contribution is 0.106. The molecule has 4 heteroatoms. The second-order valence-electron chi connectivity index (χ2n) is 6.61. The first-order valence-corrected chi connectivity index (χ1v) is 9.25. The summed E-state index contributed by atoms with van der Waals surface area (Å²) < 4.78 is 1.26. The van der Waals surface area contributed by atoms with Crippen LogP contribution >= 0.6 is 22.6 Å². The Balaban J connectivity index is 1.98. The lowest BCUT2D eigenvalue weighted by Gasteiger charge is -2.38. The van der Waals surface area contributed by atoms with Crippen LogP contribution in [0, 0.1) is 21.3 Å². The number of hydrogen-bond acceptors (Lipinski definition) is 3. The Hall–Kier alpha value is -0.620. The van der Waals surface area contributed by atoms with E-state index in [0.717, 1.165) is 31.4 Å². The molecule has 0 heterocycles. The fourth-order valence-corrected chi connectivity index (χ4v) is 4.91. The van der Waals surface area contributed by atoms with Crippen LogP contribution < -0.4 is 0 Å². The molecule has 1 N–H and O–H groups in total. The molecular formula is C18H24INO2. The summed E-state index contributed by atoms with van der Waals surface area (Å²) in [4.78, 5) is 5.10. The molecule has 3 rings (SSSR count). The van der Waals surface area contributed by atoms with Gasteiger partial charge in [-0.05, 0) is 83.7 Å². The number of fused-ring (bicyclic) bond motifs is 2. The summed E-state index contributed by atoms with van der Waals surface area (Å²) in [7, 11) is 1.62. The van der Waals surface area contributed by atoms with Gasteiger partial charge in [0.2, 0.25) is 0 Å². The van der Waals surface area contributed by atoms with Crippen molar-refractivity contribution in [3.8, 4) is 0 Å². The number of halogens is 1. The molecule has 2 aliphatic carbocycles. The lowest BCUT2D eigenvalue weighted by Crippen LogP contribution is -2.36. The van der Waals surface area contributed by atoms with E-state index in [-0.39, 0.29) is 6.10 Å². The van der Waals surface area contributed by atoms with E-state index in [9.17, 15) is 5.11 Å². The van der Waals surface area contributed by atoms with Gasteiger partial charge in [0.05, 0.1) is 11.8 Å². The number of nitrogens with zero attached hydrogens (tertiary/aromatic N) is 1. The van der Waals surface area contributed by atoms with Crippen LogP contribution in [-0.2, 0) is 4.84 Å². The van der Waals surface area contributed by atoms with Gasteiger partial charge in [-0.15, -0.1) is 0 Å². The minimum absolute atomic E-state index is 0.183. The minimum atomic E-state index is -0.183. The molecule has 0 saturated heterocycles. The number of aliphatic hydroxyl groups is 1. The molecule has 1 aromatic carbocycles. The van der Waals surface area contributed by atoms with Crippen LogP contribution in [0.15, 0.2) is 29.4 Å². The Labute approximate surface area is 146 Å². The molecule has 0 aromatic heterocycles. The van der Waals surface area contributed by atoms with Gasteiger partial charge < -0.3 is 9.94 Å². The van der Waals surface area contributed by atoms with Crippen molar-refractivity contribution in [3.63, 3.8) is 0 Å². The summed E-state index contributed by atoms with van der Waals surface area (Å²) in [5, 5.41) is 14.8. The zero-order chi connectivity index (χ0) is 15.7. The highest BCUT2D eigenvalue weighted by Gasteiger charge is 2.48. The van der Waals surface area contributed by atoms with Crippen LogP contribution in [0.2, 0.25) is 0 Å². The number of hydrogen-bond donors (Lipinski definition) is 1. The highest BCUT2D eigenvalue weighted by atomic mass is 127. The third kappa shape index (κ3) is 3.04. The van der Waals surface area contributed by atoms with Gasteiger partial charge in [-0.3, -0.25) is 0 Å². The van der Waals surface area contributed by atoms with Crippen LogP contribution in [0.3, 0.4) is 0 Å². The largest absolute Gasteiger partial charge is 0.399 e. The zero-order valence-electron chi connectivity index (χ0n) is 13.2. The predicted octanol–water partition coefficient (Wildman–Crippen LogP) is 4.19. The monoisotopic (exact) mass is 413 g/mol. The molecule has 1 aromatic rings. The van der Waals surface area contributed by atoms with Gasteiger partial charge in [0.25, 0.3) is 0 Å². The maximum absolute atomic E-state index is 10.5. The zero-order valence-corrected chi connectivity index (χ0v) is 15.4. The van der Waals surface area contributed by atoms with E-state index in [1.54, 1.807) is 7.11 Å². The van der Waals surface area contributed by atoms with Crippen molar-refractivity contribution in [2.24, 2.45) is 22.9 Å². The average molecular weight is 413 g/mol. The van der Waals surface area contributed by atoms with Gasteiger partial charge in [-0.1, -0.05) is 24.2 Å². The molecule has 0 radical (unpaired) electrons. The number of aliphatic hydroxyl groups excluding tert-OH is 1. The summed E-state index contributed by atoms with van der Waals surface area (Å²) in [5.41, 5.74) is 2.49. The van der Waals surface area contributed by atoms with Crippen molar-refractivity contribution in [3.05, 3.63) is 33.4 Å². The SMILES string of the molecule is CCC(=NOC)[C@H]1[C@@H](c2ccc(I)cc2)CC2CC(O)[C@@H]1C2. The van der Waals surface area contributed by atoms with Gasteiger partial charge in [0, 0.05) is 9.49 Å². The Bertz CT molecular complexity index is 543. The maximum atomic E-state index is 10.5. The van der Waals surface area contributed by atoms with Crippen LogP contribution in [-0.4, -0.2) is 24.0 Å². The number of benzene rings is 1. The summed E-state index contributed by atoms with van der Waals surface area (Å²) >= 11 is 2.35. The van der Waals surface area contributed by atoms with Crippen molar-refractivity contribution in [1.82, 2.24) is 0 Å².